The fraction of sp³-hybridized carbons (Fsp3) is 0.458. The van der Waals surface area contributed by atoms with Gasteiger partial charge in [-0.25, -0.2) is 4.79 Å². The van der Waals surface area contributed by atoms with E-state index in [1.807, 2.05) is 12.1 Å². The van der Waals surface area contributed by atoms with Crippen molar-refractivity contribution in [1.82, 2.24) is 0 Å². The molecule has 0 saturated carbocycles. The highest BCUT2D eigenvalue weighted by molar-refractivity contribution is 5.87. The molecule has 138 valence electrons. The van der Waals surface area contributed by atoms with Gasteiger partial charge in [0, 0.05) is 0 Å². The maximum absolute atomic E-state index is 11.0. The van der Waals surface area contributed by atoms with Gasteiger partial charge in [-0.1, -0.05) is 65.0 Å². The summed E-state index contributed by atoms with van der Waals surface area (Å²) in [5.74, 6) is -0.471. The minimum Gasteiger partial charge on any atom is -0.478 e. The summed E-state index contributed by atoms with van der Waals surface area (Å²) in [7, 11) is 0. The molecular formula is C24H30O2. The smallest absolute Gasteiger partial charge is 0.335 e. The molecular weight excluding hydrogens is 320 g/mol. The molecule has 2 nitrogen and oxygen atoms in total. The van der Waals surface area contributed by atoms with Crippen molar-refractivity contribution >= 4 is 5.97 Å². The Balaban J connectivity index is 1.86. The van der Waals surface area contributed by atoms with E-state index >= 15 is 0 Å². The third-order valence-electron chi connectivity index (χ3n) is 6.19. The first-order valence-corrected chi connectivity index (χ1v) is 9.57. The van der Waals surface area contributed by atoms with Crippen molar-refractivity contribution in [3.8, 4) is 0 Å². The first kappa shape index (κ1) is 18.7. The molecule has 3 rings (SSSR count). The molecule has 0 radical (unpaired) electrons. The van der Waals surface area contributed by atoms with Crippen LogP contribution in [-0.2, 0) is 17.3 Å². The van der Waals surface area contributed by atoms with Gasteiger partial charge < -0.3 is 5.11 Å². The average Bonchev–Trinajstić information content (AvgIpc) is 2.59. The summed E-state index contributed by atoms with van der Waals surface area (Å²) in [5, 5.41) is 9.04. The summed E-state index contributed by atoms with van der Waals surface area (Å²) in [5.41, 5.74) is 6.37. The van der Waals surface area contributed by atoms with E-state index in [9.17, 15) is 4.79 Å². The van der Waals surface area contributed by atoms with E-state index in [1.165, 1.54) is 35.1 Å². The Labute approximate surface area is 157 Å². The highest BCUT2D eigenvalue weighted by atomic mass is 16.4. The zero-order valence-corrected chi connectivity index (χ0v) is 16.6. The lowest BCUT2D eigenvalue weighted by atomic mass is 9.62. The SMILES string of the molecule is CC(Cc1ccc(C(=O)O)cc1)c1ccc2c(c1)C(C)(C)CCC2(C)C. The van der Waals surface area contributed by atoms with Gasteiger partial charge in [0.25, 0.3) is 0 Å². The number of hydrogen-bond donors (Lipinski definition) is 1. The molecule has 1 aliphatic rings. The largest absolute Gasteiger partial charge is 0.478 e. The number of benzene rings is 2. The molecule has 2 aromatic rings. The second-order valence-electron chi connectivity index (χ2n) is 9.18. The van der Waals surface area contributed by atoms with Crippen molar-refractivity contribution in [3.63, 3.8) is 0 Å². The Morgan fingerprint density at radius 1 is 0.962 bits per heavy atom. The molecule has 1 N–H and O–H groups in total. The van der Waals surface area contributed by atoms with Crippen molar-refractivity contribution in [3.05, 3.63) is 70.3 Å². The topological polar surface area (TPSA) is 37.3 Å². The van der Waals surface area contributed by atoms with Gasteiger partial charge in [0.15, 0.2) is 0 Å². The number of carboxylic acids is 1. The van der Waals surface area contributed by atoms with Crippen LogP contribution in [0, 0.1) is 0 Å². The second kappa shape index (κ2) is 6.57. The van der Waals surface area contributed by atoms with Gasteiger partial charge in [0.2, 0.25) is 0 Å². The Kier molecular flexibility index (Phi) is 4.72. The summed E-state index contributed by atoms with van der Waals surface area (Å²) < 4.78 is 0. The van der Waals surface area contributed by atoms with Crippen LogP contribution in [0.1, 0.15) is 86.0 Å². The van der Waals surface area contributed by atoms with Crippen LogP contribution in [0.2, 0.25) is 0 Å². The molecule has 0 aliphatic heterocycles. The highest BCUT2D eigenvalue weighted by Gasteiger charge is 2.37. The van der Waals surface area contributed by atoms with Crippen LogP contribution in [0.4, 0.5) is 0 Å². The molecule has 26 heavy (non-hydrogen) atoms. The number of aromatic carboxylic acids is 1. The predicted octanol–water partition coefficient (Wildman–Crippen LogP) is 6.08. The third kappa shape index (κ3) is 3.56. The maximum atomic E-state index is 11.0. The van der Waals surface area contributed by atoms with Gasteiger partial charge in [-0.15, -0.1) is 0 Å². The summed E-state index contributed by atoms with van der Waals surface area (Å²) in [6, 6.07) is 14.3. The van der Waals surface area contributed by atoms with Gasteiger partial charge >= 0.3 is 5.97 Å². The van der Waals surface area contributed by atoms with Crippen LogP contribution in [-0.4, -0.2) is 11.1 Å². The standard InChI is InChI=1S/C24H30O2/c1-16(14-17-6-8-18(9-7-17)22(25)26)19-10-11-20-21(15-19)24(4,5)13-12-23(20,2)3/h6-11,15-16H,12-14H2,1-5H3,(H,25,26). The van der Waals surface area contributed by atoms with E-state index in [-0.39, 0.29) is 10.8 Å². The lowest BCUT2D eigenvalue weighted by Crippen LogP contribution is -2.34. The molecule has 0 spiro atoms. The zero-order chi connectivity index (χ0) is 19.1. The lowest BCUT2D eigenvalue weighted by Gasteiger charge is -2.42. The monoisotopic (exact) mass is 350 g/mol. The van der Waals surface area contributed by atoms with Crippen LogP contribution >= 0.6 is 0 Å². The molecule has 0 fully saturated rings. The van der Waals surface area contributed by atoms with Crippen LogP contribution in [0.5, 0.6) is 0 Å². The Morgan fingerprint density at radius 2 is 1.54 bits per heavy atom. The van der Waals surface area contributed by atoms with Crippen molar-refractivity contribution in [2.24, 2.45) is 0 Å². The fourth-order valence-electron chi connectivity index (χ4n) is 4.17. The number of hydrogen-bond acceptors (Lipinski definition) is 1. The summed E-state index contributed by atoms with van der Waals surface area (Å²) in [6.45, 7) is 11.7. The summed E-state index contributed by atoms with van der Waals surface area (Å²) in [6.07, 6.45) is 3.38. The molecule has 2 heteroatoms. The molecule has 2 aromatic carbocycles. The molecule has 0 bridgehead atoms. The first-order chi connectivity index (χ1) is 12.1. The van der Waals surface area contributed by atoms with E-state index in [0.717, 1.165) is 6.42 Å². The Morgan fingerprint density at radius 3 is 2.12 bits per heavy atom. The quantitative estimate of drug-likeness (QED) is 0.725. The van der Waals surface area contributed by atoms with Gasteiger partial charge in [-0.2, -0.15) is 0 Å². The van der Waals surface area contributed by atoms with Crippen molar-refractivity contribution in [2.75, 3.05) is 0 Å². The molecule has 1 aliphatic carbocycles. The van der Waals surface area contributed by atoms with Crippen LogP contribution in [0.15, 0.2) is 42.5 Å². The van der Waals surface area contributed by atoms with Gasteiger partial charge in [-0.3, -0.25) is 0 Å². The first-order valence-electron chi connectivity index (χ1n) is 9.57. The molecule has 0 amide bonds. The van der Waals surface area contributed by atoms with Gasteiger partial charge in [-0.05, 0) is 70.4 Å². The number of fused-ring (bicyclic) bond motifs is 1. The predicted molar refractivity (Wildman–Crippen MR) is 107 cm³/mol. The Hall–Kier alpha value is -2.09. The zero-order valence-electron chi connectivity index (χ0n) is 16.6. The lowest BCUT2D eigenvalue weighted by molar-refractivity contribution is 0.0697. The normalized spacial score (nSPS) is 18.8. The highest BCUT2D eigenvalue weighted by Crippen LogP contribution is 2.46. The second-order valence-corrected chi connectivity index (χ2v) is 9.18. The fourth-order valence-corrected chi connectivity index (χ4v) is 4.17. The average molecular weight is 351 g/mol. The molecule has 0 aromatic heterocycles. The maximum Gasteiger partial charge on any atom is 0.335 e. The molecule has 0 heterocycles. The summed E-state index contributed by atoms with van der Waals surface area (Å²) >= 11 is 0. The summed E-state index contributed by atoms with van der Waals surface area (Å²) in [4.78, 5) is 11.0. The van der Waals surface area contributed by atoms with E-state index in [2.05, 4.69) is 52.8 Å². The van der Waals surface area contributed by atoms with E-state index in [1.54, 1.807) is 12.1 Å². The molecule has 1 atom stereocenters. The number of rotatable bonds is 4. The molecule has 0 saturated heterocycles. The van der Waals surface area contributed by atoms with E-state index in [4.69, 9.17) is 5.11 Å². The van der Waals surface area contributed by atoms with Crippen LogP contribution in [0.25, 0.3) is 0 Å². The van der Waals surface area contributed by atoms with Crippen LogP contribution < -0.4 is 0 Å². The number of carbonyl (C=O) groups is 1. The van der Waals surface area contributed by atoms with E-state index < -0.39 is 5.97 Å². The van der Waals surface area contributed by atoms with Crippen molar-refractivity contribution in [2.45, 2.75) is 70.6 Å². The third-order valence-corrected chi connectivity index (χ3v) is 6.19. The van der Waals surface area contributed by atoms with Gasteiger partial charge in [0.1, 0.15) is 0 Å². The Bertz CT molecular complexity index is 813. The van der Waals surface area contributed by atoms with Crippen molar-refractivity contribution in [1.29, 1.82) is 0 Å². The minimum absolute atomic E-state index is 0.226. The van der Waals surface area contributed by atoms with Crippen LogP contribution in [0.3, 0.4) is 0 Å². The van der Waals surface area contributed by atoms with Crippen molar-refractivity contribution < 1.29 is 9.90 Å². The molecule has 1 unspecified atom stereocenters. The van der Waals surface area contributed by atoms with E-state index in [0.29, 0.717) is 11.5 Å². The number of carboxylic acid groups (broad SMARTS) is 1. The minimum atomic E-state index is -0.871. The van der Waals surface area contributed by atoms with Gasteiger partial charge in [0.05, 0.1) is 5.56 Å².